The number of aromatic nitrogens is 1. The Morgan fingerprint density at radius 1 is 1.26 bits per heavy atom. The molecule has 0 unspecified atom stereocenters. The van der Waals surface area contributed by atoms with E-state index in [1.807, 2.05) is 13.0 Å². The van der Waals surface area contributed by atoms with Crippen LogP contribution in [0, 0.1) is 17.0 Å². The third-order valence-electron chi connectivity index (χ3n) is 2.50. The second kappa shape index (κ2) is 5.42. The van der Waals surface area contributed by atoms with Gasteiger partial charge in [-0.2, -0.15) is 0 Å². The van der Waals surface area contributed by atoms with Gasteiger partial charge in [0.2, 0.25) is 5.82 Å². The number of pyridine rings is 1. The first-order valence-corrected chi connectivity index (χ1v) is 6.07. The Morgan fingerprint density at radius 3 is 2.63 bits per heavy atom. The predicted octanol–water partition coefficient (Wildman–Crippen LogP) is 4.35. The zero-order valence-corrected chi connectivity index (χ0v) is 11.4. The number of anilines is 2. The number of aryl methyl sites for hydroxylation is 1. The molecule has 5 nitrogen and oxygen atoms in total. The number of nitrogens with zero attached hydrogens (tertiary/aromatic N) is 2. The van der Waals surface area contributed by atoms with Crippen molar-refractivity contribution in [2.24, 2.45) is 0 Å². The summed E-state index contributed by atoms with van der Waals surface area (Å²) in [6, 6.07) is 7.98. The maximum Gasteiger partial charge on any atom is 0.311 e. The molecule has 2 aromatic rings. The molecule has 0 aliphatic rings. The zero-order chi connectivity index (χ0) is 14.0. The van der Waals surface area contributed by atoms with E-state index < -0.39 is 4.92 Å². The highest BCUT2D eigenvalue weighted by molar-refractivity contribution is 6.33. The van der Waals surface area contributed by atoms with Crippen molar-refractivity contribution in [3.05, 3.63) is 56.2 Å². The molecule has 0 aliphatic carbocycles. The van der Waals surface area contributed by atoms with Crippen molar-refractivity contribution in [3.8, 4) is 0 Å². The van der Waals surface area contributed by atoms with Crippen molar-refractivity contribution in [2.75, 3.05) is 5.32 Å². The van der Waals surface area contributed by atoms with Crippen molar-refractivity contribution in [2.45, 2.75) is 6.92 Å². The van der Waals surface area contributed by atoms with Gasteiger partial charge in [0.1, 0.15) is 5.15 Å². The largest absolute Gasteiger partial charge is 0.333 e. The Hall–Kier alpha value is -1.85. The van der Waals surface area contributed by atoms with Crippen LogP contribution in [0.4, 0.5) is 17.2 Å². The number of halogens is 2. The fraction of sp³-hybridized carbons (Fsp3) is 0.0833. The summed E-state index contributed by atoms with van der Waals surface area (Å²) in [5.41, 5.74) is 1.26. The van der Waals surface area contributed by atoms with Gasteiger partial charge in [0, 0.05) is 6.07 Å². The van der Waals surface area contributed by atoms with Crippen LogP contribution in [0.1, 0.15) is 5.56 Å². The molecule has 98 valence electrons. The van der Waals surface area contributed by atoms with Gasteiger partial charge in [0.25, 0.3) is 0 Å². The van der Waals surface area contributed by atoms with E-state index in [0.717, 1.165) is 5.56 Å². The van der Waals surface area contributed by atoms with Crippen molar-refractivity contribution in [3.63, 3.8) is 0 Å². The van der Waals surface area contributed by atoms with Crippen LogP contribution in [-0.4, -0.2) is 9.91 Å². The summed E-state index contributed by atoms with van der Waals surface area (Å²) < 4.78 is 0. The first-order chi connectivity index (χ1) is 8.99. The molecule has 1 N–H and O–H groups in total. The van der Waals surface area contributed by atoms with Gasteiger partial charge in [-0.25, -0.2) is 4.98 Å². The van der Waals surface area contributed by atoms with Gasteiger partial charge < -0.3 is 5.32 Å². The lowest BCUT2D eigenvalue weighted by Crippen LogP contribution is -2.01. The van der Waals surface area contributed by atoms with Gasteiger partial charge in [-0.1, -0.05) is 35.3 Å². The fourth-order valence-corrected chi connectivity index (χ4v) is 1.99. The van der Waals surface area contributed by atoms with Gasteiger partial charge in [0.05, 0.1) is 15.6 Å². The molecule has 0 atom stereocenters. The minimum Gasteiger partial charge on any atom is -0.333 e. The average Bonchev–Trinajstić information content (AvgIpc) is 2.33. The number of nitrogens with one attached hydrogen (secondary N) is 1. The topological polar surface area (TPSA) is 68.1 Å². The quantitative estimate of drug-likeness (QED) is 0.519. The SMILES string of the molecule is Cc1cccc(Cl)c1Nc1nc(Cl)ccc1[N+](=O)[O-]. The number of benzene rings is 1. The van der Waals surface area contributed by atoms with Crippen molar-refractivity contribution in [1.82, 2.24) is 4.98 Å². The van der Waals surface area contributed by atoms with E-state index in [1.165, 1.54) is 12.1 Å². The Bertz CT molecular complexity index is 627. The van der Waals surface area contributed by atoms with Crippen LogP contribution in [0.15, 0.2) is 30.3 Å². The summed E-state index contributed by atoms with van der Waals surface area (Å²) in [5, 5.41) is 14.4. The molecule has 0 spiro atoms. The number of hydrogen-bond donors (Lipinski definition) is 1. The van der Waals surface area contributed by atoms with Gasteiger partial charge in [-0.05, 0) is 24.6 Å². The van der Waals surface area contributed by atoms with E-state index >= 15 is 0 Å². The Balaban J connectivity index is 2.49. The van der Waals surface area contributed by atoms with Gasteiger partial charge in [-0.15, -0.1) is 0 Å². The maximum atomic E-state index is 10.9. The highest BCUT2D eigenvalue weighted by Crippen LogP contribution is 2.32. The number of hydrogen-bond acceptors (Lipinski definition) is 4. The highest BCUT2D eigenvalue weighted by Gasteiger charge is 2.17. The molecule has 2 rings (SSSR count). The normalized spacial score (nSPS) is 10.3. The number of para-hydroxylation sites is 1. The Morgan fingerprint density at radius 2 is 2.00 bits per heavy atom. The molecule has 1 aromatic carbocycles. The number of rotatable bonds is 3. The van der Waals surface area contributed by atoms with E-state index in [0.29, 0.717) is 10.7 Å². The molecule has 1 heterocycles. The first kappa shape index (κ1) is 13.6. The van der Waals surface area contributed by atoms with Gasteiger partial charge >= 0.3 is 5.69 Å². The molecule has 0 amide bonds. The van der Waals surface area contributed by atoms with E-state index in [2.05, 4.69) is 10.3 Å². The molecular formula is C12H9Cl2N3O2. The van der Waals surface area contributed by atoms with Crippen LogP contribution in [0.2, 0.25) is 10.2 Å². The van der Waals surface area contributed by atoms with Crippen molar-refractivity contribution in [1.29, 1.82) is 0 Å². The van der Waals surface area contributed by atoms with Crippen LogP contribution >= 0.6 is 23.2 Å². The smallest absolute Gasteiger partial charge is 0.311 e. The van der Waals surface area contributed by atoms with Crippen LogP contribution in [0.25, 0.3) is 0 Å². The summed E-state index contributed by atoms with van der Waals surface area (Å²) >= 11 is 11.8. The van der Waals surface area contributed by atoms with E-state index in [4.69, 9.17) is 23.2 Å². The molecule has 0 radical (unpaired) electrons. The predicted molar refractivity (Wildman–Crippen MR) is 75.4 cm³/mol. The number of nitro groups is 1. The molecule has 0 fully saturated rings. The molecule has 0 aliphatic heterocycles. The van der Waals surface area contributed by atoms with E-state index in [1.54, 1.807) is 12.1 Å². The monoisotopic (exact) mass is 297 g/mol. The van der Waals surface area contributed by atoms with Crippen molar-refractivity contribution < 1.29 is 4.92 Å². The standard InChI is InChI=1S/C12H9Cl2N3O2/c1-7-3-2-4-8(13)11(7)16-12-9(17(18)19)5-6-10(14)15-12/h2-6H,1H3,(H,15,16). The fourth-order valence-electron chi connectivity index (χ4n) is 1.58. The lowest BCUT2D eigenvalue weighted by Gasteiger charge is -2.10. The summed E-state index contributed by atoms with van der Waals surface area (Å²) in [5.74, 6) is 0.0636. The zero-order valence-electron chi connectivity index (χ0n) is 9.85. The van der Waals surface area contributed by atoms with Crippen LogP contribution < -0.4 is 5.32 Å². The maximum absolute atomic E-state index is 10.9. The molecule has 0 saturated carbocycles. The molecule has 0 saturated heterocycles. The Kier molecular flexibility index (Phi) is 3.87. The van der Waals surface area contributed by atoms with E-state index in [9.17, 15) is 10.1 Å². The van der Waals surface area contributed by atoms with Crippen molar-refractivity contribution >= 4 is 40.4 Å². The van der Waals surface area contributed by atoms with Crippen LogP contribution in [0.3, 0.4) is 0 Å². The van der Waals surface area contributed by atoms with Gasteiger partial charge in [-0.3, -0.25) is 10.1 Å². The summed E-state index contributed by atoms with van der Waals surface area (Å²) in [7, 11) is 0. The minimum absolute atomic E-state index is 0.0636. The second-order valence-corrected chi connectivity index (χ2v) is 4.61. The van der Waals surface area contributed by atoms with Crippen LogP contribution in [-0.2, 0) is 0 Å². The lowest BCUT2D eigenvalue weighted by atomic mass is 10.2. The lowest BCUT2D eigenvalue weighted by molar-refractivity contribution is -0.384. The third-order valence-corrected chi connectivity index (χ3v) is 3.03. The summed E-state index contributed by atoms with van der Waals surface area (Å²) in [6.45, 7) is 1.84. The molecule has 19 heavy (non-hydrogen) atoms. The third kappa shape index (κ3) is 2.94. The van der Waals surface area contributed by atoms with E-state index in [-0.39, 0.29) is 16.7 Å². The molecular weight excluding hydrogens is 289 g/mol. The molecule has 1 aromatic heterocycles. The second-order valence-electron chi connectivity index (χ2n) is 3.82. The summed E-state index contributed by atoms with van der Waals surface area (Å²) in [4.78, 5) is 14.3. The Labute approximate surface area is 119 Å². The highest BCUT2D eigenvalue weighted by atomic mass is 35.5. The minimum atomic E-state index is -0.530. The van der Waals surface area contributed by atoms with Gasteiger partial charge in [0.15, 0.2) is 0 Å². The van der Waals surface area contributed by atoms with Crippen LogP contribution in [0.5, 0.6) is 0 Å². The average molecular weight is 298 g/mol. The molecule has 7 heteroatoms. The summed E-state index contributed by atoms with van der Waals surface area (Å²) in [6.07, 6.45) is 0. The molecule has 0 bridgehead atoms. The first-order valence-electron chi connectivity index (χ1n) is 5.32.